The van der Waals surface area contributed by atoms with E-state index in [0.717, 1.165) is 38.8 Å². The van der Waals surface area contributed by atoms with Crippen LogP contribution >= 0.6 is 0 Å². The monoisotopic (exact) mass is 398 g/mol. The predicted molar refractivity (Wildman–Crippen MR) is 101 cm³/mol. The van der Waals surface area contributed by atoms with E-state index in [9.17, 15) is 13.2 Å². The number of carbonyl (C=O) groups excluding carboxylic acids is 1. The Morgan fingerprint density at radius 3 is 2.37 bits per heavy atom. The smallest absolute Gasteiger partial charge is 0.246 e. The van der Waals surface area contributed by atoms with Crippen molar-refractivity contribution in [1.29, 1.82) is 0 Å². The first-order valence-corrected chi connectivity index (χ1v) is 11.1. The first-order valence-electron chi connectivity index (χ1n) is 9.63. The molecule has 1 aliphatic carbocycles. The minimum Gasteiger partial charge on any atom is -0.360 e. The Kier molecular flexibility index (Phi) is 5.65. The molecular weight excluding hydrogens is 368 g/mol. The number of amides is 1. The van der Waals surface area contributed by atoms with Crippen molar-refractivity contribution in [2.24, 2.45) is 5.41 Å². The fourth-order valence-corrected chi connectivity index (χ4v) is 5.95. The largest absolute Gasteiger partial charge is 0.360 e. The molecule has 0 radical (unpaired) electrons. The van der Waals surface area contributed by atoms with Gasteiger partial charge in [-0.3, -0.25) is 4.79 Å². The van der Waals surface area contributed by atoms with Crippen molar-refractivity contribution >= 4 is 15.9 Å². The third kappa shape index (κ3) is 4.20. The van der Waals surface area contributed by atoms with Gasteiger partial charge in [-0.2, -0.15) is 4.72 Å². The highest BCUT2D eigenvalue weighted by Crippen LogP contribution is 2.33. The normalized spacial score (nSPS) is 21.9. The summed E-state index contributed by atoms with van der Waals surface area (Å²) < 4.78 is 33.6. The maximum atomic E-state index is 13.1. The molecule has 0 atom stereocenters. The van der Waals surface area contributed by atoms with Crippen LogP contribution in [0.4, 0.5) is 0 Å². The van der Waals surface area contributed by atoms with Gasteiger partial charge in [0.15, 0.2) is 5.76 Å². The van der Waals surface area contributed by atoms with Crippen molar-refractivity contribution in [2.45, 2.75) is 69.7 Å². The number of piperidine rings is 1. The second-order valence-corrected chi connectivity index (χ2v) is 9.91. The molecular formula is C18H30N4O4S. The molecule has 3 N–H and O–H groups in total. The van der Waals surface area contributed by atoms with Crippen molar-refractivity contribution in [3.63, 3.8) is 0 Å². The summed E-state index contributed by atoms with van der Waals surface area (Å²) in [7, 11) is -3.90. The van der Waals surface area contributed by atoms with Crippen molar-refractivity contribution < 1.29 is 17.7 Å². The molecule has 0 unspecified atom stereocenters. The molecule has 0 spiro atoms. The summed E-state index contributed by atoms with van der Waals surface area (Å²) in [5, 5.41) is 10.1. The Bertz CT molecular complexity index is 771. The second-order valence-electron chi connectivity index (χ2n) is 8.29. The van der Waals surface area contributed by atoms with Crippen LogP contribution in [0.15, 0.2) is 9.42 Å². The molecule has 1 aromatic heterocycles. The first-order chi connectivity index (χ1) is 12.7. The zero-order chi connectivity index (χ0) is 19.7. The van der Waals surface area contributed by atoms with Crippen LogP contribution in [0.2, 0.25) is 0 Å². The zero-order valence-corrected chi connectivity index (χ0v) is 17.2. The number of carbonyl (C=O) groups is 1. The number of sulfonamides is 1. The van der Waals surface area contributed by atoms with Gasteiger partial charge in [0.2, 0.25) is 15.9 Å². The molecule has 0 aromatic carbocycles. The van der Waals surface area contributed by atoms with Gasteiger partial charge >= 0.3 is 0 Å². The molecule has 3 rings (SSSR count). The second kappa shape index (κ2) is 7.52. The van der Waals surface area contributed by atoms with Crippen molar-refractivity contribution in [1.82, 2.24) is 20.5 Å². The van der Waals surface area contributed by atoms with Gasteiger partial charge in [-0.25, -0.2) is 8.42 Å². The number of aryl methyl sites for hydroxylation is 2. The summed E-state index contributed by atoms with van der Waals surface area (Å²) in [5.41, 5.74) is -0.754. The number of rotatable bonds is 6. The van der Waals surface area contributed by atoms with E-state index in [-0.39, 0.29) is 22.0 Å². The van der Waals surface area contributed by atoms with Crippen molar-refractivity contribution in [3.8, 4) is 0 Å². The molecule has 2 aliphatic rings. The van der Waals surface area contributed by atoms with Gasteiger partial charge in [0.05, 0.1) is 0 Å². The lowest BCUT2D eigenvalue weighted by Crippen LogP contribution is -2.58. The minimum atomic E-state index is -3.90. The summed E-state index contributed by atoms with van der Waals surface area (Å²) in [5.74, 6) is 0.00543. The third-order valence-electron chi connectivity index (χ3n) is 5.94. The first kappa shape index (κ1) is 20.3. The Morgan fingerprint density at radius 1 is 1.19 bits per heavy atom. The topological polar surface area (TPSA) is 113 Å². The van der Waals surface area contributed by atoms with Crippen LogP contribution in [-0.4, -0.2) is 44.7 Å². The molecule has 9 heteroatoms. The molecule has 27 heavy (non-hydrogen) atoms. The van der Waals surface area contributed by atoms with Crippen LogP contribution in [0.25, 0.3) is 0 Å². The molecule has 1 saturated carbocycles. The van der Waals surface area contributed by atoms with Crippen LogP contribution in [0.3, 0.4) is 0 Å². The lowest BCUT2D eigenvalue weighted by atomic mass is 9.81. The highest BCUT2D eigenvalue weighted by atomic mass is 32.2. The summed E-state index contributed by atoms with van der Waals surface area (Å²) in [4.78, 5) is 13.1. The molecule has 1 saturated heterocycles. The molecule has 8 nitrogen and oxygen atoms in total. The van der Waals surface area contributed by atoms with Gasteiger partial charge in [-0.15, -0.1) is 0 Å². The molecule has 2 fully saturated rings. The zero-order valence-electron chi connectivity index (χ0n) is 16.4. The van der Waals surface area contributed by atoms with Gasteiger partial charge in [0.25, 0.3) is 0 Å². The van der Waals surface area contributed by atoms with Crippen LogP contribution < -0.4 is 15.4 Å². The quantitative estimate of drug-likeness (QED) is 0.667. The van der Waals surface area contributed by atoms with Gasteiger partial charge in [0, 0.05) is 6.54 Å². The minimum absolute atomic E-state index is 0.0342. The van der Waals surface area contributed by atoms with E-state index in [1.165, 1.54) is 0 Å². The van der Waals surface area contributed by atoms with E-state index in [4.69, 9.17) is 4.52 Å². The lowest BCUT2D eigenvalue weighted by molar-refractivity contribution is -0.127. The summed E-state index contributed by atoms with van der Waals surface area (Å²) in [6, 6.07) is 0. The lowest BCUT2D eigenvalue weighted by Gasteiger charge is -2.36. The molecule has 1 aliphatic heterocycles. The van der Waals surface area contributed by atoms with Crippen LogP contribution in [0, 0.1) is 19.3 Å². The van der Waals surface area contributed by atoms with Crippen molar-refractivity contribution in [2.75, 3.05) is 19.6 Å². The summed E-state index contributed by atoms with van der Waals surface area (Å²) in [6.07, 6.45) is 4.62. The maximum absolute atomic E-state index is 13.1. The van der Waals surface area contributed by atoms with Gasteiger partial charge in [0.1, 0.15) is 16.1 Å². The van der Waals surface area contributed by atoms with Crippen LogP contribution in [-0.2, 0) is 14.8 Å². The molecule has 1 amide bonds. The number of nitrogens with one attached hydrogen (secondary N) is 3. The number of hydrogen-bond acceptors (Lipinski definition) is 6. The molecule has 0 bridgehead atoms. The molecule has 1 aromatic rings. The SMILES string of the molecule is Cc1noc(C)c1S(=O)(=O)NC1(C(=O)NCC2(C)CCNCC2)CCCC1. The highest BCUT2D eigenvalue weighted by molar-refractivity contribution is 7.89. The highest BCUT2D eigenvalue weighted by Gasteiger charge is 2.46. The maximum Gasteiger partial charge on any atom is 0.246 e. The third-order valence-corrected chi connectivity index (χ3v) is 7.72. The Morgan fingerprint density at radius 2 is 1.81 bits per heavy atom. The Balaban J connectivity index is 1.76. The molecule has 2 heterocycles. The van der Waals surface area contributed by atoms with E-state index in [2.05, 4.69) is 27.4 Å². The molecule has 152 valence electrons. The van der Waals surface area contributed by atoms with Crippen LogP contribution in [0.5, 0.6) is 0 Å². The van der Waals surface area contributed by atoms with E-state index in [1.54, 1.807) is 13.8 Å². The van der Waals surface area contributed by atoms with E-state index in [1.807, 2.05) is 0 Å². The van der Waals surface area contributed by atoms with Crippen molar-refractivity contribution in [3.05, 3.63) is 11.5 Å². The van der Waals surface area contributed by atoms with E-state index >= 15 is 0 Å². The van der Waals surface area contributed by atoms with Gasteiger partial charge in [-0.1, -0.05) is 24.9 Å². The van der Waals surface area contributed by atoms with Gasteiger partial charge < -0.3 is 15.2 Å². The Labute approximate surface area is 160 Å². The number of nitrogens with zero attached hydrogens (tertiary/aromatic N) is 1. The summed E-state index contributed by atoms with van der Waals surface area (Å²) >= 11 is 0. The standard InChI is InChI=1S/C18H30N4O4S/c1-13-15(14(2)26-21-13)27(24,25)22-18(6-4-5-7-18)16(23)20-12-17(3)8-10-19-11-9-17/h19,22H,4-12H2,1-3H3,(H,20,23). The number of hydrogen-bond donors (Lipinski definition) is 3. The summed E-state index contributed by atoms with van der Waals surface area (Å²) in [6.45, 7) is 7.76. The van der Waals surface area contributed by atoms with E-state index < -0.39 is 15.6 Å². The van der Waals surface area contributed by atoms with Crippen LogP contribution in [0.1, 0.15) is 56.9 Å². The van der Waals surface area contributed by atoms with Gasteiger partial charge in [-0.05, 0) is 58.0 Å². The predicted octanol–water partition coefficient (Wildman–Crippen LogP) is 1.39. The number of aromatic nitrogens is 1. The average molecular weight is 399 g/mol. The fourth-order valence-electron chi connectivity index (χ4n) is 4.19. The average Bonchev–Trinajstić information content (AvgIpc) is 3.20. The fraction of sp³-hybridized carbons (Fsp3) is 0.778. The Hall–Kier alpha value is -1.45. The van der Waals surface area contributed by atoms with E-state index in [0.29, 0.717) is 25.1 Å².